The van der Waals surface area contributed by atoms with E-state index in [0.717, 1.165) is 17.8 Å². The summed E-state index contributed by atoms with van der Waals surface area (Å²) in [5, 5.41) is 11.3. The van der Waals surface area contributed by atoms with Crippen molar-refractivity contribution in [2.24, 2.45) is 0 Å². The normalized spacial score (nSPS) is 14.0. The number of piperazine rings is 1. The van der Waals surface area contributed by atoms with Crippen molar-refractivity contribution in [2.45, 2.75) is 6.92 Å². The Balaban J connectivity index is 1.65. The summed E-state index contributed by atoms with van der Waals surface area (Å²) >= 11 is 0. The van der Waals surface area contributed by atoms with Crippen molar-refractivity contribution in [1.82, 2.24) is 20.0 Å². The number of aromatic nitrogens is 2. The summed E-state index contributed by atoms with van der Waals surface area (Å²) in [6, 6.07) is 10.9. The molecule has 1 aromatic heterocycles. The number of para-hydroxylation sites is 2. The average molecular weight is 355 g/mol. The molecule has 1 aromatic carbocycles. The summed E-state index contributed by atoms with van der Waals surface area (Å²) in [5.41, 5.74) is 1.07. The SMILES string of the molecule is CCOc1ccccc1Nc1ccc(C(=O)N2CCN(C=O)CC2)nn1. The lowest BCUT2D eigenvalue weighted by atomic mass is 10.2. The molecule has 0 bridgehead atoms. The Hall–Kier alpha value is -3.16. The lowest BCUT2D eigenvalue weighted by Crippen LogP contribution is -2.48. The Labute approximate surface area is 151 Å². The quantitative estimate of drug-likeness (QED) is 0.791. The van der Waals surface area contributed by atoms with Crippen LogP contribution in [-0.2, 0) is 4.79 Å². The molecule has 0 atom stereocenters. The molecule has 1 saturated heterocycles. The maximum absolute atomic E-state index is 12.5. The third-order valence-corrected chi connectivity index (χ3v) is 4.08. The lowest BCUT2D eigenvalue weighted by molar-refractivity contribution is -0.119. The van der Waals surface area contributed by atoms with E-state index in [9.17, 15) is 9.59 Å². The molecule has 8 heteroatoms. The number of hydrogen-bond donors (Lipinski definition) is 1. The maximum Gasteiger partial charge on any atom is 0.274 e. The first-order chi connectivity index (χ1) is 12.7. The zero-order chi connectivity index (χ0) is 18.4. The van der Waals surface area contributed by atoms with Gasteiger partial charge in [-0.05, 0) is 31.2 Å². The number of ether oxygens (including phenoxy) is 1. The number of rotatable bonds is 6. The molecule has 1 aliphatic rings. The van der Waals surface area contributed by atoms with Gasteiger partial charge >= 0.3 is 0 Å². The molecule has 2 amide bonds. The van der Waals surface area contributed by atoms with Crippen LogP contribution in [0.3, 0.4) is 0 Å². The van der Waals surface area contributed by atoms with Crippen molar-refractivity contribution in [3.05, 3.63) is 42.1 Å². The van der Waals surface area contributed by atoms with Crippen LogP contribution in [0, 0.1) is 0 Å². The second-order valence-electron chi connectivity index (χ2n) is 5.79. The number of nitrogens with zero attached hydrogens (tertiary/aromatic N) is 4. The van der Waals surface area contributed by atoms with Crippen LogP contribution in [0.4, 0.5) is 11.5 Å². The molecule has 3 rings (SSSR count). The smallest absolute Gasteiger partial charge is 0.274 e. The Morgan fingerprint density at radius 3 is 2.58 bits per heavy atom. The van der Waals surface area contributed by atoms with E-state index in [1.807, 2.05) is 31.2 Å². The molecular formula is C18H21N5O3. The van der Waals surface area contributed by atoms with Gasteiger partial charge in [0.1, 0.15) is 5.75 Å². The predicted molar refractivity (Wildman–Crippen MR) is 96.5 cm³/mol. The fraction of sp³-hybridized carbons (Fsp3) is 0.333. The Morgan fingerprint density at radius 2 is 1.92 bits per heavy atom. The third kappa shape index (κ3) is 4.08. The van der Waals surface area contributed by atoms with Crippen LogP contribution >= 0.6 is 0 Å². The molecule has 26 heavy (non-hydrogen) atoms. The second kappa shape index (κ2) is 8.28. The fourth-order valence-electron chi connectivity index (χ4n) is 2.69. The third-order valence-electron chi connectivity index (χ3n) is 4.08. The van der Waals surface area contributed by atoms with E-state index in [-0.39, 0.29) is 11.6 Å². The van der Waals surface area contributed by atoms with Crippen molar-refractivity contribution >= 4 is 23.8 Å². The summed E-state index contributed by atoms with van der Waals surface area (Å²) in [7, 11) is 0. The van der Waals surface area contributed by atoms with E-state index in [1.54, 1.807) is 21.9 Å². The van der Waals surface area contributed by atoms with Crippen LogP contribution in [0.25, 0.3) is 0 Å². The average Bonchev–Trinajstić information content (AvgIpc) is 2.70. The Morgan fingerprint density at radius 1 is 1.15 bits per heavy atom. The zero-order valence-electron chi connectivity index (χ0n) is 14.6. The van der Waals surface area contributed by atoms with E-state index in [1.165, 1.54) is 0 Å². The summed E-state index contributed by atoms with van der Waals surface area (Å²) in [5.74, 6) is 1.08. The van der Waals surface area contributed by atoms with Gasteiger partial charge in [0.25, 0.3) is 5.91 Å². The predicted octanol–water partition coefficient (Wildman–Crippen LogP) is 1.53. The minimum absolute atomic E-state index is 0.177. The fourth-order valence-corrected chi connectivity index (χ4v) is 2.69. The molecule has 2 heterocycles. The van der Waals surface area contributed by atoms with Gasteiger partial charge < -0.3 is 19.9 Å². The van der Waals surface area contributed by atoms with E-state index < -0.39 is 0 Å². The van der Waals surface area contributed by atoms with Gasteiger partial charge in [-0.1, -0.05) is 12.1 Å². The monoisotopic (exact) mass is 355 g/mol. The minimum Gasteiger partial charge on any atom is -0.492 e. The highest BCUT2D eigenvalue weighted by Crippen LogP contribution is 2.26. The van der Waals surface area contributed by atoms with Crippen molar-refractivity contribution in [2.75, 3.05) is 38.1 Å². The van der Waals surface area contributed by atoms with Gasteiger partial charge in [-0.3, -0.25) is 9.59 Å². The summed E-state index contributed by atoms with van der Waals surface area (Å²) in [6.07, 6.45) is 0.808. The van der Waals surface area contributed by atoms with Crippen LogP contribution in [-0.4, -0.2) is 65.1 Å². The topological polar surface area (TPSA) is 87.7 Å². The highest BCUT2D eigenvalue weighted by atomic mass is 16.5. The van der Waals surface area contributed by atoms with Crippen molar-refractivity contribution in [3.63, 3.8) is 0 Å². The first-order valence-electron chi connectivity index (χ1n) is 8.52. The van der Waals surface area contributed by atoms with Gasteiger partial charge in [-0.25, -0.2) is 0 Å². The first kappa shape index (κ1) is 17.7. The second-order valence-corrected chi connectivity index (χ2v) is 5.79. The molecule has 0 saturated carbocycles. The summed E-state index contributed by atoms with van der Waals surface area (Å²) in [4.78, 5) is 26.6. The van der Waals surface area contributed by atoms with Crippen LogP contribution < -0.4 is 10.1 Å². The Bertz CT molecular complexity index is 758. The van der Waals surface area contributed by atoms with Crippen LogP contribution in [0.15, 0.2) is 36.4 Å². The van der Waals surface area contributed by atoms with Crippen LogP contribution in [0.1, 0.15) is 17.4 Å². The summed E-state index contributed by atoms with van der Waals surface area (Å²) < 4.78 is 5.57. The van der Waals surface area contributed by atoms with Crippen molar-refractivity contribution in [3.8, 4) is 5.75 Å². The Kier molecular flexibility index (Phi) is 5.62. The molecule has 0 radical (unpaired) electrons. The number of anilines is 2. The zero-order valence-corrected chi connectivity index (χ0v) is 14.6. The number of benzene rings is 1. The van der Waals surface area contributed by atoms with Gasteiger partial charge in [0.05, 0.1) is 12.3 Å². The van der Waals surface area contributed by atoms with E-state index in [0.29, 0.717) is 38.6 Å². The van der Waals surface area contributed by atoms with Gasteiger partial charge in [0.15, 0.2) is 11.5 Å². The molecule has 2 aromatic rings. The van der Waals surface area contributed by atoms with Crippen molar-refractivity contribution < 1.29 is 14.3 Å². The molecule has 1 aliphatic heterocycles. The first-order valence-corrected chi connectivity index (χ1v) is 8.52. The number of carbonyl (C=O) groups is 2. The largest absolute Gasteiger partial charge is 0.492 e. The number of carbonyl (C=O) groups excluding carboxylic acids is 2. The highest BCUT2D eigenvalue weighted by molar-refractivity contribution is 5.92. The molecule has 8 nitrogen and oxygen atoms in total. The van der Waals surface area contributed by atoms with Crippen LogP contribution in [0.5, 0.6) is 5.75 Å². The molecule has 0 unspecified atom stereocenters. The van der Waals surface area contributed by atoms with Gasteiger partial charge in [-0.15, -0.1) is 10.2 Å². The van der Waals surface area contributed by atoms with Crippen molar-refractivity contribution in [1.29, 1.82) is 0 Å². The lowest BCUT2D eigenvalue weighted by Gasteiger charge is -2.32. The van der Waals surface area contributed by atoms with E-state index in [4.69, 9.17) is 4.74 Å². The molecule has 136 valence electrons. The molecule has 0 spiro atoms. The molecular weight excluding hydrogens is 334 g/mol. The van der Waals surface area contributed by atoms with Gasteiger partial charge in [0, 0.05) is 26.2 Å². The molecule has 1 fully saturated rings. The number of hydrogen-bond acceptors (Lipinski definition) is 6. The van der Waals surface area contributed by atoms with Gasteiger partial charge in [0.2, 0.25) is 6.41 Å². The van der Waals surface area contributed by atoms with E-state index in [2.05, 4.69) is 15.5 Å². The van der Waals surface area contributed by atoms with Crippen LogP contribution in [0.2, 0.25) is 0 Å². The number of nitrogens with one attached hydrogen (secondary N) is 1. The maximum atomic E-state index is 12.5. The van der Waals surface area contributed by atoms with Gasteiger partial charge in [-0.2, -0.15) is 0 Å². The summed E-state index contributed by atoms with van der Waals surface area (Å²) in [6.45, 7) is 4.57. The molecule has 1 N–H and O–H groups in total. The van der Waals surface area contributed by atoms with E-state index >= 15 is 0 Å². The molecule has 0 aliphatic carbocycles. The highest BCUT2D eigenvalue weighted by Gasteiger charge is 2.22. The minimum atomic E-state index is -0.177. The number of amides is 2. The standard InChI is InChI=1S/C18H21N5O3/c1-2-26-16-6-4-3-5-14(16)19-17-8-7-15(20-21-17)18(25)23-11-9-22(13-24)10-12-23/h3-8,13H,2,9-12H2,1H3,(H,19,21).